The quantitative estimate of drug-likeness (QED) is 0.255. The number of thiazole rings is 1. The number of aromatic amines is 1. The van der Waals surface area contributed by atoms with Gasteiger partial charge in [0, 0.05) is 40.2 Å². The summed E-state index contributed by atoms with van der Waals surface area (Å²) in [6, 6.07) is 12.7. The van der Waals surface area contributed by atoms with Gasteiger partial charge in [0.15, 0.2) is 0 Å². The van der Waals surface area contributed by atoms with Crippen molar-refractivity contribution in [3.63, 3.8) is 0 Å². The van der Waals surface area contributed by atoms with Gasteiger partial charge in [-0.05, 0) is 41.6 Å². The smallest absolute Gasteiger partial charge is 0.244 e. The van der Waals surface area contributed by atoms with Crippen molar-refractivity contribution in [2.45, 2.75) is 19.4 Å². The zero-order chi connectivity index (χ0) is 25.8. The summed E-state index contributed by atoms with van der Waals surface area (Å²) < 4.78 is 1.50. The molecule has 0 fully saturated rings. The number of carbonyl (C=O) groups is 1. The highest BCUT2D eigenvalue weighted by Gasteiger charge is 2.22. The van der Waals surface area contributed by atoms with E-state index in [9.17, 15) is 4.79 Å². The molecule has 1 atom stereocenters. The van der Waals surface area contributed by atoms with Gasteiger partial charge in [0.2, 0.25) is 5.91 Å². The zero-order valence-corrected chi connectivity index (χ0v) is 21.8. The van der Waals surface area contributed by atoms with Crippen LogP contribution in [0.4, 0.5) is 0 Å². The average Bonchev–Trinajstić information content (AvgIpc) is 3.66. The Hall–Kier alpha value is -3.86. The van der Waals surface area contributed by atoms with Gasteiger partial charge in [-0.15, -0.1) is 16.4 Å². The van der Waals surface area contributed by atoms with Crippen molar-refractivity contribution in [3.8, 4) is 16.9 Å². The normalized spacial score (nSPS) is 12.2. The van der Waals surface area contributed by atoms with Crippen LogP contribution in [0.2, 0.25) is 10.2 Å². The first kappa shape index (κ1) is 24.8. The molecule has 5 rings (SSSR count). The minimum atomic E-state index is -0.488. The van der Waals surface area contributed by atoms with E-state index in [0.29, 0.717) is 39.4 Å². The van der Waals surface area contributed by atoms with Crippen molar-refractivity contribution < 1.29 is 4.79 Å². The van der Waals surface area contributed by atoms with Gasteiger partial charge in [-0.3, -0.25) is 4.79 Å². The van der Waals surface area contributed by atoms with Gasteiger partial charge in [0.05, 0.1) is 16.7 Å². The largest absolute Gasteiger partial charge is 0.342 e. The highest BCUT2D eigenvalue weighted by molar-refractivity contribution is 7.09. The van der Waals surface area contributed by atoms with E-state index in [-0.39, 0.29) is 5.91 Å². The molecule has 1 amide bonds. The summed E-state index contributed by atoms with van der Waals surface area (Å²) in [5, 5.41) is 18.0. The molecule has 0 radical (unpaired) electrons. The van der Waals surface area contributed by atoms with Crippen molar-refractivity contribution in [3.05, 3.63) is 98.6 Å². The van der Waals surface area contributed by atoms with Gasteiger partial charge in [0.25, 0.3) is 0 Å². The van der Waals surface area contributed by atoms with Gasteiger partial charge in [-0.25, -0.2) is 9.97 Å². The second-order valence-corrected chi connectivity index (χ2v) is 9.93. The summed E-state index contributed by atoms with van der Waals surface area (Å²) in [6.45, 7) is 2.02. The molecular formula is C25H20Cl2N8OS. The van der Waals surface area contributed by atoms with Crippen LogP contribution >= 0.6 is 34.5 Å². The van der Waals surface area contributed by atoms with Crippen LogP contribution in [0.3, 0.4) is 0 Å². The second kappa shape index (κ2) is 11.0. The summed E-state index contributed by atoms with van der Waals surface area (Å²) in [7, 11) is 0. The number of hydrogen-bond acceptors (Lipinski definition) is 7. The summed E-state index contributed by atoms with van der Waals surface area (Å²) in [4.78, 5) is 25.3. The number of H-pyrrole nitrogens is 1. The number of amides is 1. The molecular weight excluding hydrogens is 531 g/mol. The highest BCUT2D eigenvalue weighted by atomic mass is 35.5. The topological polar surface area (TPSA) is 114 Å². The van der Waals surface area contributed by atoms with E-state index < -0.39 is 6.04 Å². The average molecular weight is 551 g/mol. The van der Waals surface area contributed by atoms with E-state index in [1.54, 1.807) is 30.5 Å². The number of tetrazole rings is 1. The molecule has 37 heavy (non-hydrogen) atoms. The summed E-state index contributed by atoms with van der Waals surface area (Å²) in [5.41, 5.74) is 4.00. The number of benzene rings is 2. The molecule has 0 spiro atoms. The van der Waals surface area contributed by atoms with Crippen molar-refractivity contribution >= 4 is 46.5 Å². The molecule has 0 saturated heterocycles. The molecule has 0 bridgehead atoms. The molecule has 2 N–H and O–H groups in total. The molecule has 3 aromatic heterocycles. The predicted molar refractivity (Wildman–Crippen MR) is 144 cm³/mol. The SMILES string of the molecule is Cc1ccc(-c2nc(C(Cc3nccs3)NC(=O)/C=C/c3cc(Cl)ccc3-n3cnnn3)[nH]c2Cl)cc1. The third kappa shape index (κ3) is 5.93. The first-order chi connectivity index (χ1) is 18.0. The van der Waals surface area contributed by atoms with E-state index in [1.165, 1.54) is 28.4 Å². The summed E-state index contributed by atoms with van der Waals surface area (Å²) in [5.74, 6) is 0.211. The lowest BCUT2D eigenvalue weighted by molar-refractivity contribution is -0.117. The fraction of sp³-hybridized carbons (Fsp3) is 0.120. The molecule has 5 aromatic rings. The molecule has 186 valence electrons. The minimum absolute atomic E-state index is 0.325. The van der Waals surface area contributed by atoms with Gasteiger partial charge in [-0.2, -0.15) is 4.68 Å². The summed E-state index contributed by atoms with van der Waals surface area (Å²) in [6.07, 6.45) is 6.73. The Bertz CT molecular complexity index is 1530. The van der Waals surface area contributed by atoms with E-state index in [0.717, 1.165) is 16.1 Å². The van der Waals surface area contributed by atoms with Gasteiger partial charge in [0.1, 0.15) is 23.0 Å². The fourth-order valence-electron chi connectivity index (χ4n) is 3.71. The number of aromatic nitrogens is 7. The van der Waals surface area contributed by atoms with Crippen LogP contribution in [-0.2, 0) is 11.2 Å². The monoisotopic (exact) mass is 550 g/mol. The third-order valence-corrected chi connectivity index (χ3v) is 6.82. The number of nitrogens with zero attached hydrogens (tertiary/aromatic N) is 6. The van der Waals surface area contributed by atoms with Crippen molar-refractivity contribution in [2.75, 3.05) is 0 Å². The number of nitrogens with one attached hydrogen (secondary N) is 2. The lowest BCUT2D eigenvalue weighted by Crippen LogP contribution is -2.29. The van der Waals surface area contributed by atoms with E-state index in [1.807, 2.05) is 36.6 Å². The zero-order valence-electron chi connectivity index (χ0n) is 19.5. The second-order valence-electron chi connectivity index (χ2n) is 8.13. The Balaban J connectivity index is 1.40. The van der Waals surface area contributed by atoms with Gasteiger partial charge < -0.3 is 10.3 Å². The molecule has 0 saturated carbocycles. The van der Waals surface area contributed by atoms with Crippen molar-refractivity contribution in [1.82, 2.24) is 40.5 Å². The molecule has 12 heteroatoms. The number of rotatable bonds is 8. The van der Waals surface area contributed by atoms with Crippen LogP contribution in [-0.4, -0.2) is 41.1 Å². The van der Waals surface area contributed by atoms with Crippen LogP contribution in [0.5, 0.6) is 0 Å². The lowest BCUT2D eigenvalue weighted by Gasteiger charge is -2.14. The number of aryl methyl sites for hydroxylation is 1. The predicted octanol–water partition coefficient (Wildman–Crippen LogP) is 5.24. The Kier molecular flexibility index (Phi) is 7.40. The highest BCUT2D eigenvalue weighted by Crippen LogP contribution is 2.29. The molecule has 1 unspecified atom stereocenters. The maximum atomic E-state index is 13.0. The first-order valence-electron chi connectivity index (χ1n) is 11.2. The van der Waals surface area contributed by atoms with Crippen molar-refractivity contribution in [2.24, 2.45) is 0 Å². The molecule has 3 heterocycles. The number of carbonyl (C=O) groups excluding carboxylic acids is 1. The van der Waals surface area contributed by atoms with E-state index in [2.05, 4.69) is 30.8 Å². The minimum Gasteiger partial charge on any atom is -0.342 e. The molecule has 0 aliphatic heterocycles. The number of hydrogen-bond donors (Lipinski definition) is 2. The molecule has 0 aliphatic carbocycles. The Morgan fingerprint density at radius 1 is 1.22 bits per heavy atom. The molecule has 2 aromatic carbocycles. The maximum absolute atomic E-state index is 13.0. The molecule has 0 aliphatic rings. The van der Waals surface area contributed by atoms with Gasteiger partial charge in [-0.1, -0.05) is 53.0 Å². The van der Waals surface area contributed by atoms with Crippen LogP contribution in [0, 0.1) is 6.92 Å². The van der Waals surface area contributed by atoms with Crippen LogP contribution in [0.15, 0.2) is 66.4 Å². The Labute approximate surface area is 226 Å². The Morgan fingerprint density at radius 2 is 2.05 bits per heavy atom. The Morgan fingerprint density at radius 3 is 2.78 bits per heavy atom. The van der Waals surface area contributed by atoms with E-state index >= 15 is 0 Å². The standard InChI is InChI=1S/C25H20Cl2N8OS/c1-15-2-4-16(5-3-15)23-24(27)32-25(31-23)19(13-22-28-10-11-37-22)30-21(36)9-6-17-12-18(26)7-8-20(17)35-14-29-33-34-35/h2-12,14,19H,13H2,1H3,(H,30,36)(H,31,32)/b9-6+. The molecule has 9 nitrogen and oxygen atoms in total. The van der Waals surface area contributed by atoms with E-state index in [4.69, 9.17) is 28.2 Å². The van der Waals surface area contributed by atoms with Crippen LogP contribution < -0.4 is 5.32 Å². The lowest BCUT2D eigenvalue weighted by atomic mass is 10.1. The summed E-state index contributed by atoms with van der Waals surface area (Å²) >= 11 is 14.2. The van der Waals surface area contributed by atoms with Crippen LogP contribution in [0.25, 0.3) is 23.0 Å². The van der Waals surface area contributed by atoms with Gasteiger partial charge >= 0.3 is 0 Å². The maximum Gasteiger partial charge on any atom is 0.244 e. The number of halogens is 2. The van der Waals surface area contributed by atoms with Crippen molar-refractivity contribution in [1.29, 1.82) is 0 Å². The van der Waals surface area contributed by atoms with Crippen LogP contribution in [0.1, 0.15) is 28.0 Å². The first-order valence-corrected chi connectivity index (χ1v) is 12.8. The number of imidazole rings is 1. The fourth-order valence-corrected chi connectivity index (χ4v) is 4.80. The third-order valence-electron chi connectivity index (χ3n) is 5.51.